The average Bonchev–Trinajstić information content (AvgIpc) is 2.33. The van der Waals surface area contributed by atoms with Gasteiger partial charge in [0, 0.05) is 25.8 Å². The highest BCUT2D eigenvalue weighted by Crippen LogP contribution is 2.19. The first-order valence-corrected chi connectivity index (χ1v) is 6.22. The fourth-order valence-electron chi connectivity index (χ4n) is 1.80. The van der Waals surface area contributed by atoms with E-state index < -0.39 is 0 Å². The van der Waals surface area contributed by atoms with E-state index >= 15 is 0 Å². The van der Waals surface area contributed by atoms with E-state index in [0.717, 1.165) is 26.2 Å². The Kier molecular flexibility index (Phi) is 5.70. The molecule has 0 aliphatic heterocycles. The smallest absolute Gasteiger partial charge is 0.0601 e. The summed E-state index contributed by atoms with van der Waals surface area (Å²) in [6.45, 7) is 14.0. The molecule has 0 aromatic carbocycles. The Labute approximate surface area is 105 Å². The van der Waals surface area contributed by atoms with Gasteiger partial charge < -0.3 is 10.2 Å². The highest BCUT2D eigenvalue weighted by Gasteiger charge is 2.09. The van der Waals surface area contributed by atoms with Crippen molar-refractivity contribution in [1.29, 1.82) is 0 Å². The van der Waals surface area contributed by atoms with Crippen LogP contribution in [0.15, 0.2) is 30.6 Å². The van der Waals surface area contributed by atoms with Crippen molar-refractivity contribution in [2.24, 2.45) is 0 Å². The van der Waals surface area contributed by atoms with Gasteiger partial charge in [-0.1, -0.05) is 19.1 Å². The van der Waals surface area contributed by atoms with Crippen molar-refractivity contribution in [3.05, 3.63) is 36.2 Å². The summed E-state index contributed by atoms with van der Waals surface area (Å²) >= 11 is 0. The SMILES string of the molecule is C=C(C)CN(CC)c1cnccc1CNCC. The molecule has 0 amide bonds. The second kappa shape index (κ2) is 7.07. The summed E-state index contributed by atoms with van der Waals surface area (Å²) in [6, 6.07) is 2.08. The lowest BCUT2D eigenvalue weighted by atomic mass is 10.2. The number of rotatable bonds is 7. The van der Waals surface area contributed by atoms with Crippen LogP contribution in [0.3, 0.4) is 0 Å². The Hall–Kier alpha value is -1.35. The van der Waals surface area contributed by atoms with Gasteiger partial charge in [0.15, 0.2) is 0 Å². The fourth-order valence-corrected chi connectivity index (χ4v) is 1.80. The summed E-state index contributed by atoms with van der Waals surface area (Å²) < 4.78 is 0. The molecule has 0 atom stereocenters. The van der Waals surface area contributed by atoms with Crippen LogP contribution in [-0.4, -0.2) is 24.6 Å². The summed E-state index contributed by atoms with van der Waals surface area (Å²) in [5.74, 6) is 0. The number of nitrogens with zero attached hydrogens (tertiary/aromatic N) is 2. The van der Waals surface area contributed by atoms with Crippen LogP contribution in [0.2, 0.25) is 0 Å². The number of anilines is 1. The van der Waals surface area contributed by atoms with E-state index in [0.29, 0.717) is 0 Å². The third-order valence-corrected chi connectivity index (χ3v) is 2.64. The van der Waals surface area contributed by atoms with Crippen molar-refractivity contribution in [3.63, 3.8) is 0 Å². The average molecular weight is 233 g/mol. The summed E-state index contributed by atoms with van der Waals surface area (Å²) in [4.78, 5) is 6.54. The Bertz CT molecular complexity index is 360. The maximum Gasteiger partial charge on any atom is 0.0601 e. The summed E-state index contributed by atoms with van der Waals surface area (Å²) in [5.41, 5.74) is 3.68. The molecule has 0 spiro atoms. The zero-order valence-corrected chi connectivity index (χ0v) is 11.2. The molecule has 0 saturated heterocycles. The summed E-state index contributed by atoms with van der Waals surface area (Å²) in [7, 11) is 0. The predicted octanol–water partition coefficient (Wildman–Crippen LogP) is 2.59. The largest absolute Gasteiger partial charge is 0.366 e. The molecule has 94 valence electrons. The standard InChI is InChI=1S/C14H23N3/c1-5-15-9-13-7-8-16-10-14(13)17(6-2)11-12(3)4/h7-8,10,15H,3,5-6,9,11H2,1-2,4H3. The molecular formula is C14H23N3. The maximum atomic E-state index is 4.23. The third-order valence-electron chi connectivity index (χ3n) is 2.64. The van der Waals surface area contributed by atoms with Crippen molar-refractivity contribution >= 4 is 5.69 Å². The van der Waals surface area contributed by atoms with Crippen LogP contribution in [0.5, 0.6) is 0 Å². The molecule has 17 heavy (non-hydrogen) atoms. The molecule has 0 unspecified atom stereocenters. The van der Waals surface area contributed by atoms with E-state index in [4.69, 9.17) is 0 Å². The van der Waals surface area contributed by atoms with Crippen molar-refractivity contribution in [1.82, 2.24) is 10.3 Å². The summed E-state index contributed by atoms with van der Waals surface area (Å²) in [5, 5.41) is 3.36. The van der Waals surface area contributed by atoms with Crippen LogP contribution in [0, 0.1) is 0 Å². The van der Waals surface area contributed by atoms with Crippen molar-refractivity contribution in [2.45, 2.75) is 27.3 Å². The number of aromatic nitrogens is 1. The highest BCUT2D eigenvalue weighted by molar-refractivity contribution is 5.52. The number of hydrogen-bond donors (Lipinski definition) is 1. The molecule has 0 radical (unpaired) electrons. The number of nitrogens with one attached hydrogen (secondary N) is 1. The third kappa shape index (κ3) is 4.19. The predicted molar refractivity (Wildman–Crippen MR) is 74.3 cm³/mol. The Morgan fingerprint density at radius 1 is 1.47 bits per heavy atom. The van der Waals surface area contributed by atoms with Gasteiger partial charge in [-0.25, -0.2) is 0 Å². The van der Waals surface area contributed by atoms with Gasteiger partial charge in [0.05, 0.1) is 11.9 Å². The van der Waals surface area contributed by atoms with Gasteiger partial charge in [-0.3, -0.25) is 4.98 Å². The number of hydrogen-bond acceptors (Lipinski definition) is 3. The number of likely N-dealkylation sites (N-methyl/N-ethyl adjacent to an activating group) is 1. The van der Waals surface area contributed by atoms with Crippen LogP contribution < -0.4 is 10.2 Å². The molecule has 1 rings (SSSR count). The van der Waals surface area contributed by atoms with Crippen LogP contribution >= 0.6 is 0 Å². The summed E-state index contributed by atoms with van der Waals surface area (Å²) in [6.07, 6.45) is 3.80. The van der Waals surface area contributed by atoms with Crippen molar-refractivity contribution < 1.29 is 0 Å². The topological polar surface area (TPSA) is 28.2 Å². The van der Waals surface area contributed by atoms with Gasteiger partial charge in [-0.2, -0.15) is 0 Å². The van der Waals surface area contributed by atoms with Crippen molar-refractivity contribution in [3.8, 4) is 0 Å². The molecule has 3 nitrogen and oxygen atoms in total. The molecule has 0 fully saturated rings. The zero-order valence-electron chi connectivity index (χ0n) is 11.2. The monoisotopic (exact) mass is 233 g/mol. The van der Waals surface area contributed by atoms with E-state index in [1.165, 1.54) is 16.8 Å². The molecule has 0 aliphatic carbocycles. The Morgan fingerprint density at radius 3 is 2.82 bits per heavy atom. The Balaban J connectivity index is 2.88. The lowest BCUT2D eigenvalue weighted by Crippen LogP contribution is -2.26. The van der Waals surface area contributed by atoms with Crippen LogP contribution in [0.4, 0.5) is 5.69 Å². The second-order valence-corrected chi connectivity index (χ2v) is 4.26. The number of pyridine rings is 1. The first-order valence-electron chi connectivity index (χ1n) is 6.22. The molecule has 0 aliphatic rings. The molecule has 1 N–H and O–H groups in total. The van der Waals surface area contributed by atoms with E-state index in [1.807, 2.05) is 12.4 Å². The van der Waals surface area contributed by atoms with Gasteiger partial charge in [-0.05, 0) is 32.0 Å². The fraction of sp³-hybridized carbons (Fsp3) is 0.500. The van der Waals surface area contributed by atoms with Crippen molar-refractivity contribution in [2.75, 3.05) is 24.5 Å². The quantitative estimate of drug-likeness (QED) is 0.734. The molecule has 3 heteroatoms. The maximum absolute atomic E-state index is 4.23. The van der Waals surface area contributed by atoms with Crippen LogP contribution in [0.25, 0.3) is 0 Å². The van der Waals surface area contributed by atoms with Gasteiger partial charge in [-0.15, -0.1) is 0 Å². The van der Waals surface area contributed by atoms with E-state index in [-0.39, 0.29) is 0 Å². The zero-order chi connectivity index (χ0) is 12.7. The van der Waals surface area contributed by atoms with Crippen LogP contribution in [-0.2, 0) is 6.54 Å². The lowest BCUT2D eigenvalue weighted by molar-refractivity contribution is 0.720. The van der Waals surface area contributed by atoms with E-state index in [2.05, 4.69) is 48.6 Å². The molecule has 1 aromatic rings. The van der Waals surface area contributed by atoms with Gasteiger partial charge in [0.2, 0.25) is 0 Å². The molecule has 1 aromatic heterocycles. The highest BCUT2D eigenvalue weighted by atomic mass is 15.1. The minimum atomic E-state index is 0.890. The molecular weight excluding hydrogens is 210 g/mol. The minimum Gasteiger partial charge on any atom is -0.366 e. The first kappa shape index (κ1) is 13.7. The van der Waals surface area contributed by atoms with Gasteiger partial charge in [0.25, 0.3) is 0 Å². The Morgan fingerprint density at radius 2 is 2.24 bits per heavy atom. The van der Waals surface area contributed by atoms with Crippen LogP contribution in [0.1, 0.15) is 26.3 Å². The van der Waals surface area contributed by atoms with Gasteiger partial charge in [0.1, 0.15) is 0 Å². The molecule has 0 saturated carbocycles. The minimum absolute atomic E-state index is 0.890. The second-order valence-electron chi connectivity index (χ2n) is 4.26. The van der Waals surface area contributed by atoms with Gasteiger partial charge >= 0.3 is 0 Å². The van der Waals surface area contributed by atoms with E-state index in [9.17, 15) is 0 Å². The molecule has 0 bridgehead atoms. The normalized spacial score (nSPS) is 10.3. The van der Waals surface area contributed by atoms with E-state index in [1.54, 1.807) is 0 Å². The first-order chi connectivity index (χ1) is 8.19. The lowest BCUT2D eigenvalue weighted by Gasteiger charge is -2.25. The molecule has 1 heterocycles.